The first-order chi connectivity index (χ1) is 18.5. The number of nitrogens with two attached hydrogens (primary N) is 1. The van der Waals surface area contributed by atoms with Crippen LogP contribution in [-0.2, 0) is 4.74 Å². The largest absolute Gasteiger partial charge is 0.507 e. The van der Waals surface area contributed by atoms with Crippen molar-refractivity contribution in [3.8, 4) is 5.75 Å². The van der Waals surface area contributed by atoms with Crippen molar-refractivity contribution in [2.24, 2.45) is 5.73 Å². The van der Waals surface area contributed by atoms with E-state index in [4.69, 9.17) is 10.5 Å². The number of ether oxygens (including phenoxy) is 1. The van der Waals surface area contributed by atoms with Crippen LogP contribution in [0.15, 0.2) is 42.5 Å². The summed E-state index contributed by atoms with van der Waals surface area (Å²) in [6, 6.07) is 7.34. The lowest BCUT2D eigenvalue weighted by Gasteiger charge is -2.48. The van der Waals surface area contributed by atoms with Crippen molar-refractivity contribution in [1.29, 1.82) is 0 Å². The molecule has 0 aromatic heterocycles. The van der Waals surface area contributed by atoms with Crippen LogP contribution < -0.4 is 16.4 Å². The fourth-order valence-corrected chi connectivity index (χ4v) is 5.44. The maximum atomic E-state index is 13.0. The van der Waals surface area contributed by atoms with Gasteiger partial charge >= 0.3 is 12.0 Å². The van der Waals surface area contributed by atoms with E-state index in [2.05, 4.69) is 10.6 Å². The minimum atomic E-state index is -2.43. The third kappa shape index (κ3) is 4.99. The molecule has 0 radical (unpaired) electrons. The Labute approximate surface area is 232 Å². The summed E-state index contributed by atoms with van der Waals surface area (Å²) < 4.78 is 5.45. The van der Waals surface area contributed by atoms with Gasteiger partial charge in [0.1, 0.15) is 29.1 Å². The number of aryl methyl sites for hydroxylation is 1. The van der Waals surface area contributed by atoms with E-state index in [1.165, 1.54) is 51.9 Å². The Morgan fingerprint density at radius 1 is 1.15 bits per heavy atom. The van der Waals surface area contributed by atoms with Crippen LogP contribution in [0.5, 0.6) is 5.75 Å². The van der Waals surface area contributed by atoms with Crippen LogP contribution in [0.4, 0.5) is 10.5 Å². The highest BCUT2D eigenvalue weighted by Crippen LogP contribution is 2.49. The van der Waals surface area contributed by atoms with Gasteiger partial charge in [0, 0.05) is 25.3 Å². The third-order valence-corrected chi connectivity index (χ3v) is 7.90. The average molecular weight is 559 g/mol. The number of anilines is 1. The smallest absolute Gasteiger partial charge is 0.342 e. The zero-order chi connectivity index (χ0) is 30.2. The molecule has 40 heavy (non-hydrogen) atoms. The Balaban J connectivity index is 2.13. The molecule has 2 aromatic carbocycles. The lowest BCUT2D eigenvalue weighted by atomic mass is 9.73. The highest BCUT2D eigenvalue weighted by atomic mass is 16.5. The van der Waals surface area contributed by atoms with Crippen molar-refractivity contribution in [3.05, 3.63) is 59.2 Å². The number of benzene rings is 2. The molecule has 8 N–H and O–H groups in total. The Bertz CT molecular complexity index is 1280. The molecule has 2 amide bonds. The minimum absolute atomic E-state index is 0.130. The van der Waals surface area contributed by atoms with E-state index in [0.717, 1.165) is 0 Å². The van der Waals surface area contributed by atoms with Gasteiger partial charge in [0.2, 0.25) is 0 Å². The number of phenolic OH excluding ortho intramolecular Hbond substituents is 1. The minimum Gasteiger partial charge on any atom is -0.507 e. The van der Waals surface area contributed by atoms with E-state index in [1.807, 2.05) is 0 Å². The summed E-state index contributed by atoms with van der Waals surface area (Å²) in [4.78, 5) is 39.0. The van der Waals surface area contributed by atoms with Gasteiger partial charge in [-0.1, -0.05) is 24.3 Å². The molecule has 2 aromatic rings. The second-order valence-corrected chi connectivity index (χ2v) is 10.7. The Kier molecular flexibility index (Phi) is 8.51. The van der Waals surface area contributed by atoms with Crippen LogP contribution in [0.25, 0.3) is 0 Å². The van der Waals surface area contributed by atoms with E-state index < -0.39 is 53.5 Å². The molecule has 218 valence electrons. The van der Waals surface area contributed by atoms with Crippen molar-refractivity contribution in [1.82, 2.24) is 10.2 Å². The molecule has 1 aliphatic rings. The second kappa shape index (κ2) is 11.0. The zero-order valence-corrected chi connectivity index (χ0v) is 23.4. The summed E-state index contributed by atoms with van der Waals surface area (Å²) in [6.07, 6.45) is -1.51. The number of urea groups is 1. The number of rotatable bonds is 8. The summed E-state index contributed by atoms with van der Waals surface area (Å²) in [5.74, 6) is -1.53. The summed E-state index contributed by atoms with van der Waals surface area (Å²) in [5.41, 5.74) is 0.728. The van der Waals surface area contributed by atoms with E-state index in [-0.39, 0.29) is 17.1 Å². The third-order valence-electron chi connectivity index (χ3n) is 7.90. The topological polar surface area (TPSA) is 195 Å². The van der Waals surface area contributed by atoms with Gasteiger partial charge in [-0.25, -0.2) is 9.59 Å². The van der Waals surface area contributed by atoms with Crippen LogP contribution in [-0.4, -0.2) is 98.7 Å². The molecule has 6 atom stereocenters. The van der Waals surface area contributed by atoms with Crippen LogP contribution in [0, 0.1) is 6.92 Å². The standard InChI is InChI=1S/C28H38N4O8/c1-15-9-7-12-20(35)21(15)24(36)40-14-27(39)23(30-19-11-8-10-18(13-19)16(2)33)22(29)28(17(3)34,26(27,4)38)31-25(37)32(5)6/h7-13,17,22-23,30,34-35,38-39H,14,29H2,1-6H3,(H,31,37)/t17?,22?,23?,26-,27+,28-/m0/s1. The second-order valence-electron chi connectivity index (χ2n) is 10.7. The SMILES string of the molecule is CC(=O)c1cccc(NC2C(N)[C@@](NC(=O)N(C)C)(C(C)O)[C@@](C)(O)[C@@]2(O)COC(=O)c2c(C)cccc2O)c1. The van der Waals surface area contributed by atoms with Gasteiger partial charge in [-0.15, -0.1) is 0 Å². The molecule has 0 heterocycles. The number of aliphatic hydroxyl groups is 3. The lowest BCUT2D eigenvalue weighted by Crippen LogP contribution is -2.76. The van der Waals surface area contributed by atoms with Crippen molar-refractivity contribution >= 4 is 23.5 Å². The Morgan fingerprint density at radius 2 is 1.77 bits per heavy atom. The Morgan fingerprint density at radius 3 is 2.33 bits per heavy atom. The van der Waals surface area contributed by atoms with Crippen molar-refractivity contribution in [2.75, 3.05) is 26.0 Å². The molecule has 12 nitrogen and oxygen atoms in total. The summed E-state index contributed by atoms with van der Waals surface area (Å²) in [7, 11) is 2.90. The molecule has 1 aliphatic carbocycles. The molecule has 0 spiro atoms. The molecule has 12 heteroatoms. The number of aliphatic hydroxyl groups excluding tert-OH is 1. The number of Topliss-reactive ketones (excluding diaryl/α,β-unsaturated/α-hetero) is 1. The average Bonchev–Trinajstić information content (AvgIpc) is 2.99. The van der Waals surface area contributed by atoms with Crippen LogP contribution in [0.2, 0.25) is 0 Å². The highest BCUT2D eigenvalue weighted by Gasteiger charge is 2.76. The number of phenols is 1. The predicted molar refractivity (Wildman–Crippen MR) is 147 cm³/mol. The molecular formula is C28H38N4O8. The fraction of sp³-hybridized carbons (Fsp3) is 0.464. The number of carbonyl (C=O) groups is 3. The summed E-state index contributed by atoms with van der Waals surface area (Å²) in [5, 5.41) is 51.1. The molecule has 1 fully saturated rings. The summed E-state index contributed by atoms with van der Waals surface area (Å²) in [6.45, 7) is 4.62. The van der Waals surface area contributed by atoms with Crippen molar-refractivity contribution in [3.63, 3.8) is 0 Å². The summed E-state index contributed by atoms with van der Waals surface area (Å²) >= 11 is 0. The van der Waals surface area contributed by atoms with Crippen LogP contribution in [0.1, 0.15) is 47.1 Å². The van der Waals surface area contributed by atoms with Gasteiger partial charge in [0.25, 0.3) is 0 Å². The first-order valence-corrected chi connectivity index (χ1v) is 12.7. The maximum Gasteiger partial charge on any atom is 0.342 e. The number of carbonyl (C=O) groups excluding carboxylic acids is 3. The molecular weight excluding hydrogens is 520 g/mol. The van der Waals surface area contributed by atoms with Gasteiger partial charge in [-0.3, -0.25) is 4.79 Å². The monoisotopic (exact) mass is 558 g/mol. The maximum absolute atomic E-state index is 13.0. The Hall–Kier alpha value is -3.71. The number of hydrogen-bond donors (Lipinski definition) is 7. The van der Waals surface area contributed by atoms with Gasteiger partial charge in [-0.2, -0.15) is 0 Å². The number of aromatic hydroxyl groups is 1. The first-order valence-electron chi connectivity index (χ1n) is 12.7. The predicted octanol–water partition coefficient (Wildman–Crippen LogP) is 0.755. The number of esters is 1. The lowest BCUT2D eigenvalue weighted by molar-refractivity contribution is -0.186. The molecule has 1 saturated carbocycles. The van der Waals surface area contributed by atoms with E-state index >= 15 is 0 Å². The van der Waals surface area contributed by atoms with E-state index in [1.54, 1.807) is 37.3 Å². The van der Waals surface area contributed by atoms with Gasteiger partial charge in [0.05, 0.1) is 18.2 Å². The van der Waals surface area contributed by atoms with E-state index in [9.17, 15) is 34.8 Å². The zero-order valence-electron chi connectivity index (χ0n) is 23.4. The molecule has 0 saturated heterocycles. The van der Waals surface area contributed by atoms with Gasteiger partial charge in [0.15, 0.2) is 11.4 Å². The number of amides is 2. The molecule has 0 bridgehead atoms. The first kappa shape index (κ1) is 30.8. The van der Waals surface area contributed by atoms with Crippen molar-refractivity contribution in [2.45, 2.75) is 62.6 Å². The van der Waals surface area contributed by atoms with Gasteiger partial charge in [-0.05, 0) is 51.5 Å². The van der Waals surface area contributed by atoms with Crippen molar-refractivity contribution < 1.29 is 39.5 Å². The quantitative estimate of drug-likeness (QED) is 0.179. The number of nitrogens with zero attached hydrogens (tertiary/aromatic N) is 1. The van der Waals surface area contributed by atoms with Crippen LogP contribution in [0.3, 0.4) is 0 Å². The number of ketones is 1. The number of hydrogen-bond acceptors (Lipinski definition) is 10. The molecule has 3 rings (SSSR count). The number of nitrogens with one attached hydrogen (secondary N) is 2. The van der Waals surface area contributed by atoms with Crippen LogP contribution >= 0.6 is 0 Å². The molecule has 3 unspecified atom stereocenters. The highest BCUT2D eigenvalue weighted by molar-refractivity contribution is 5.95. The fourth-order valence-electron chi connectivity index (χ4n) is 5.44. The van der Waals surface area contributed by atoms with E-state index in [0.29, 0.717) is 16.8 Å². The molecule has 0 aliphatic heterocycles. The van der Waals surface area contributed by atoms with Gasteiger partial charge < -0.3 is 46.4 Å². The normalized spacial score (nSPS) is 28.4.